The Balaban J connectivity index is 2.28. The number of nitrogens with two attached hydrogens (primary N) is 1. The van der Waals surface area contributed by atoms with E-state index in [0.717, 1.165) is 5.56 Å². The molecule has 0 radical (unpaired) electrons. The third-order valence-electron chi connectivity index (χ3n) is 2.83. The zero-order valence-electron chi connectivity index (χ0n) is 9.57. The third-order valence-corrected chi connectivity index (χ3v) is 3.74. The number of anilines is 1. The first-order valence-corrected chi connectivity index (χ1v) is 6.62. The monoisotopic (exact) mass is 339 g/mol. The van der Waals surface area contributed by atoms with Gasteiger partial charge in [0.15, 0.2) is 5.65 Å². The summed E-state index contributed by atoms with van der Waals surface area (Å²) in [5.74, 6) is 0.139. The highest BCUT2D eigenvalue weighted by atomic mass is 79.9. The quantitative estimate of drug-likeness (QED) is 0.723. The SMILES string of the molecule is Nc1c(-c2ccc(F)c(Br)c2)nc2c(Cl)cccn12. The fraction of sp³-hybridized carbons (Fsp3) is 0. The summed E-state index contributed by atoms with van der Waals surface area (Å²) in [5, 5.41) is 0.515. The van der Waals surface area contributed by atoms with E-state index < -0.39 is 0 Å². The summed E-state index contributed by atoms with van der Waals surface area (Å²) in [4.78, 5) is 4.42. The van der Waals surface area contributed by atoms with Gasteiger partial charge in [-0.3, -0.25) is 4.40 Å². The second kappa shape index (κ2) is 4.51. The van der Waals surface area contributed by atoms with E-state index in [9.17, 15) is 4.39 Å². The van der Waals surface area contributed by atoms with Gasteiger partial charge in [0.25, 0.3) is 0 Å². The number of pyridine rings is 1. The predicted molar refractivity (Wildman–Crippen MR) is 77.7 cm³/mol. The van der Waals surface area contributed by atoms with Crippen molar-refractivity contribution in [3.63, 3.8) is 0 Å². The van der Waals surface area contributed by atoms with Crippen molar-refractivity contribution >= 4 is 39.0 Å². The van der Waals surface area contributed by atoms with Crippen LogP contribution < -0.4 is 5.73 Å². The molecule has 0 unspecified atom stereocenters. The molecular formula is C13H8BrClFN3. The van der Waals surface area contributed by atoms with Gasteiger partial charge in [0, 0.05) is 11.8 Å². The average molecular weight is 341 g/mol. The van der Waals surface area contributed by atoms with E-state index in [1.807, 2.05) is 0 Å². The number of nitrogens with zero attached hydrogens (tertiary/aromatic N) is 2. The summed E-state index contributed by atoms with van der Waals surface area (Å²) in [5.41, 5.74) is 7.95. The lowest BCUT2D eigenvalue weighted by molar-refractivity contribution is 0.621. The van der Waals surface area contributed by atoms with Crippen LogP contribution in [0.1, 0.15) is 0 Å². The number of nitrogen functional groups attached to an aromatic ring is 1. The van der Waals surface area contributed by atoms with Gasteiger partial charge in [0.1, 0.15) is 17.3 Å². The van der Waals surface area contributed by atoms with Crippen LogP contribution in [0, 0.1) is 5.82 Å². The maximum absolute atomic E-state index is 13.3. The Labute approximate surface area is 122 Å². The van der Waals surface area contributed by atoms with Gasteiger partial charge in [0.05, 0.1) is 9.50 Å². The molecular weight excluding hydrogens is 333 g/mol. The minimum absolute atomic E-state index is 0.330. The van der Waals surface area contributed by atoms with Crippen molar-refractivity contribution < 1.29 is 4.39 Å². The van der Waals surface area contributed by atoms with E-state index in [1.165, 1.54) is 6.07 Å². The molecule has 3 rings (SSSR count). The Bertz CT molecular complexity index is 785. The Morgan fingerprint density at radius 1 is 1.32 bits per heavy atom. The van der Waals surface area contributed by atoms with E-state index >= 15 is 0 Å². The molecule has 0 bridgehead atoms. The number of imidazole rings is 1. The number of hydrogen-bond donors (Lipinski definition) is 1. The van der Waals surface area contributed by atoms with Gasteiger partial charge in [-0.05, 0) is 46.3 Å². The molecule has 0 aliphatic heterocycles. The highest BCUT2D eigenvalue weighted by Crippen LogP contribution is 2.31. The first-order chi connectivity index (χ1) is 9.08. The summed E-state index contributed by atoms with van der Waals surface area (Å²) >= 11 is 9.23. The number of rotatable bonds is 1. The molecule has 96 valence electrons. The molecule has 2 heterocycles. The van der Waals surface area contributed by atoms with Gasteiger partial charge in [-0.25, -0.2) is 9.37 Å². The van der Waals surface area contributed by atoms with Crippen LogP contribution in [0.4, 0.5) is 10.2 Å². The second-order valence-electron chi connectivity index (χ2n) is 4.02. The van der Waals surface area contributed by atoms with Crippen molar-refractivity contribution in [2.75, 3.05) is 5.73 Å². The summed E-state index contributed by atoms with van der Waals surface area (Å²) < 4.78 is 15.3. The van der Waals surface area contributed by atoms with E-state index in [4.69, 9.17) is 17.3 Å². The van der Waals surface area contributed by atoms with Crippen LogP contribution in [0.3, 0.4) is 0 Å². The highest BCUT2D eigenvalue weighted by Gasteiger charge is 2.14. The first kappa shape index (κ1) is 12.4. The van der Waals surface area contributed by atoms with Gasteiger partial charge < -0.3 is 5.73 Å². The van der Waals surface area contributed by atoms with Crippen LogP contribution in [-0.4, -0.2) is 9.38 Å². The second-order valence-corrected chi connectivity index (χ2v) is 5.29. The molecule has 3 nitrogen and oxygen atoms in total. The smallest absolute Gasteiger partial charge is 0.157 e. The lowest BCUT2D eigenvalue weighted by atomic mass is 10.1. The summed E-state index contributed by atoms with van der Waals surface area (Å²) in [6.07, 6.45) is 1.78. The number of benzene rings is 1. The van der Waals surface area contributed by atoms with Gasteiger partial charge in [-0.15, -0.1) is 0 Å². The lowest BCUT2D eigenvalue weighted by Crippen LogP contribution is -1.94. The molecule has 19 heavy (non-hydrogen) atoms. The van der Waals surface area contributed by atoms with Gasteiger partial charge >= 0.3 is 0 Å². The average Bonchev–Trinajstić information content (AvgIpc) is 2.72. The molecule has 0 aliphatic carbocycles. The maximum Gasteiger partial charge on any atom is 0.157 e. The summed E-state index contributed by atoms with van der Waals surface area (Å²) in [7, 11) is 0. The van der Waals surface area contributed by atoms with Crippen LogP contribution in [0.25, 0.3) is 16.9 Å². The van der Waals surface area contributed by atoms with Crippen LogP contribution in [0.15, 0.2) is 41.0 Å². The summed E-state index contributed by atoms with van der Waals surface area (Å²) in [6.45, 7) is 0. The number of halogens is 3. The van der Waals surface area contributed by atoms with E-state index in [1.54, 1.807) is 34.9 Å². The predicted octanol–water partition coefficient (Wildman–Crippen LogP) is 4.14. The van der Waals surface area contributed by atoms with Crippen LogP contribution >= 0.6 is 27.5 Å². The van der Waals surface area contributed by atoms with Crippen molar-refractivity contribution in [1.82, 2.24) is 9.38 Å². The molecule has 0 atom stereocenters. The van der Waals surface area contributed by atoms with E-state index in [0.29, 0.717) is 26.7 Å². The minimum Gasteiger partial charge on any atom is -0.383 e. The molecule has 0 amide bonds. The normalized spacial score (nSPS) is 11.1. The zero-order chi connectivity index (χ0) is 13.6. The number of hydrogen-bond acceptors (Lipinski definition) is 2. The molecule has 0 saturated carbocycles. The van der Waals surface area contributed by atoms with Crippen molar-refractivity contribution in [2.45, 2.75) is 0 Å². The molecule has 2 aromatic heterocycles. The molecule has 2 N–H and O–H groups in total. The van der Waals surface area contributed by atoms with Crippen LogP contribution in [0.2, 0.25) is 5.02 Å². The van der Waals surface area contributed by atoms with Crippen LogP contribution in [-0.2, 0) is 0 Å². The molecule has 3 aromatic rings. The van der Waals surface area contributed by atoms with E-state index in [-0.39, 0.29) is 5.82 Å². The van der Waals surface area contributed by atoms with Crippen molar-refractivity contribution in [3.05, 3.63) is 51.8 Å². The van der Waals surface area contributed by atoms with Crippen molar-refractivity contribution in [1.29, 1.82) is 0 Å². The maximum atomic E-state index is 13.3. The van der Waals surface area contributed by atoms with Crippen LogP contribution in [0.5, 0.6) is 0 Å². The molecule has 1 aromatic carbocycles. The van der Waals surface area contributed by atoms with Gasteiger partial charge in [-0.2, -0.15) is 0 Å². The fourth-order valence-corrected chi connectivity index (χ4v) is 2.49. The Hall–Kier alpha value is -1.59. The zero-order valence-corrected chi connectivity index (χ0v) is 11.9. The molecule has 0 aliphatic rings. The standard InChI is InChI=1S/C13H8BrClFN3/c14-8-6-7(3-4-10(8)16)11-12(17)19-5-1-2-9(15)13(19)18-11/h1-6H,17H2. The van der Waals surface area contributed by atoms with Crippen molar-refractivity contribution in [2.24, 2.45) is 0 Å². The number of fused-ring (bicyclic) bond motifs is 1. The van der Waals surface area contributed by atoms with E-state index in [2.05, 4.69) is 20.9 Å². The summed E-state index contributed by atoms with van der Waals surface area (Å²) in [6, 6.07) is 8.17. The Kier molecular flexibility index (Phi) is 2.95. The molecule has 0 fully saturated rings. The fourth-order valence-electron chi connectivity index (χ4n) is 1.91. The molecule has 6 heteroatoms. The lowest BCUT2D eigenvalue weighted by Gasteiger charge is -2.01. The molecule has 0 saturated heterocycles. The highest BCUT2D eigenvalue weighted by molar-refractivity contribution is 9.10. The topological polar surface area (TPSA) is 43.3 Å². The van der Waals surface area contributed by atoms with Gasteiger partial charge in [-0.1, -0.05) is 11.6 Å². The Morgan fingerprint density at radius 2 is 2.11 bits per heavy atom. The minimum atomic E-state index is -0.330. The third kappa shape index (κ3) is 1.99. The van der Waals surface area contributed by atoms with Gasteiger partial charge in [0.2, 0.25) is 0 Å². The molecule has 0 spiro atoms. The Morgan fingerprint density at radius 3 is 2.79 bits per heavy atom. The van der Waals surface area contributed by atoms with Crippen molar-refractivity contribution in [3.8, 4) is 11.3 Å². The largest absolute Gasteiger partial charge is 0.383 e. The first-order valence-electron chi connectivity index (χ1n) is 5.45. The number of aromatic nitrogens is 2.